The van der Waals surface area contributed by atoms with Crippen molar-refractivity contribution in [3.05, 3.63) is 58.7 Å². The van der Waals surface area contributed by atoms with Gasteiger partial charge in [-0.1, -0.05) is 6.07 Å². The Hall–Kier alpha value is -3.52. The zero-order valence-corrected chi connectivity index (χ0v) is 20.3. The van der Waals surface area contributed by atoms with E-state index in [2.05, 4.69) is 0 Å². The summed E-state index contributed by atoms with van der Waals surface area (Å²) >= 11 is 0. The molecule has 0 radical (unpaired) electrons. The summed E-state index contributed by atoms with van der Waals surface area (Å²) in [6.07, 6.45) is 0.647. The maximum Gasteiger partial charge on any atom is 0.295 e. The molecule has 1 fully saturated rings. The molecular formula is C26H32N2O6. The van der Waals surface area contributed by atoms with E-state index in [0.29, 0.717) is 36.4 Å². The van der Waals surface area contributed by atoms with Crippen molar-refractivity contribution < 1.29 is 29.3 Å². The van der Waals surface area contributed by atoms with Crippen molar-refractivity contribution in [3.63, 3.8) is 0 Å². The summed E-state index contributed by atoms with van der Waals surface area (Å²) < 4.78 is 10.8. The molecule has 0 aromatic heterocycles. The number of Topliss-reactive ketones (excluding diaryl/α,β-unsaturated/α-hetero) is 1. The molecule has 1 heterocycles. The molecule has 0 saturated carbocycles. The summed E-state index contributed by atoms with van der Waals surface area (Å²) in [5.74, 6) is -0.805. The second-order valence-corrected chi connectivity index (χ2v) is 8.49. The van der Waals surface area contributed by atoms with Gasteiger partial charge in [-0.25, -0.2) is 0 Å². The van der Waals surface area contributed by atoms with E-state index in [4.69, 9.17) is 9.47 Å². The highest BCUT2D eigenvalue weighted by molar-refractivity contribution is 6.46. The Balaban J connectivity index is 2.15. The highest BCUT2D eigenvalue weighted by Crippen LogP contribution is 2.42. The largest absolute Gasteiger partial charge is 0.507 e. The Kier molecular flexibility index (Phi) is 7.83. The molecule has 3 rings (SSSR count). The van der Waals surface area contributed by atoms with E-state index in [1.54, 1.807) is 44.4 Å². The van der Waals surface area contributed by atoms with Crippen molar-refractivity contribution in [2.24, 2.45) is 0 Å². The van der Waals surface area contributed by atoms with Crippen LogP contribution in [0.25, 0.3) is 5.76 Å². The first kappa shape index (κ1) is 25.1. The minimum atomic E-state index is -0.815. The lowest BCUT2D eigenvalue weighted by Crippen LogP contribution is -2.32. The summed E-state index contributed by atoms with van der Waals surface area (Å²) in [5.41, 5.74) is 1.77. The molecule has 1 amide bonds. The molecule has 8 nitrogen and oxygen atoms in total. The number of amides is 1. The van der Waals surface area contributed by atoms with Crippen LogP contribution in [0.2, 0.25) is 0 Å². The zero-order chi connectivity index (χ0) is 25.0. The number of phenols is 1. The van der Waals surface area contributed by atoms with Gasteiger partial charge >= 0.3 is 0 Å². The molecule has 1 atom stereocenters. The van der Waals surface area contributed by atoms with E-state index in [-0.39, 0.29) is 22.8 Å². The second-order valence-electron chi connectivity index (χ2n) is 8.49. The quantitative estimate of drug-likeness (QED) is 0.330. The Labute approximate surface area is 200 Å². The molecule has 0 bridgehead atoms. The van der Waals surface area contributed by atoms with Gasteiger partial charge in [0.2, 0.25) is 0 Å². The molecule has 2 N–H and O–H groups in total. The van der Waals surface area contributed by atoms with E-state index in [1.165, 1.54) is 11.0 Å². The number of aromatic hydroxyl groups is 1. The number of nitrogens with zero attached hydrogens (tertiary/aromatic N) is 2. The fourth-order valence-electron chi connectivity index (χ4n) is 4.17. The predicted octanol–water partition coefficient (Wildman–Crippen LogP) is 3.48. The van der Waals surface area contributed by atoms with Crippen LogP contribution in [0.15, 0.2) is 42.0 Å². The fourth-order valence-corrected chi connectivity index (χ4v) is 4.17. The number of carbonyl (C=O) groups is 2. The van der Waals surface area contributed by atoms with Crippen molar-refractivity contribution in [1.29, 1.82) is 0 Å². The number of hydrogen-bond acceptors (Lipinski definition) is 7. The molecule has 1 aliphatic rings. The first-order valence-corrected chi connectivity index (χ1v) is 11.2. The van der Waals surface area contributed by atoms with E-state index in [0.717, 1.165) is 12.1 Å². The predicted molar refractivity (Wildman–Crippen MR) is 129 cm³/mol. The van der Waals surface area contributed by atoms with Crippen LogP contribution in [0.5, 0.6) is 17.2 Å². The van der Waals surface area contributed by atoms with Gasteiger partial charge in [-0.15, -0.1) is 0 Å². The normalized spacial score (nSPS) is 17.5. The maximum atomic E-state index is 13.2. The Morgan fingerprint density at radius 1 is 1.12 bits per heavy atom. The Morgan fingerprint density at radius 2 is 1.85 bits per heavy atom. The van der Waals surface area contributed by atoms with Gasteiger partial charge in [0.05, 0.1) is 25.3 Å². The van der Waals surface area contributed by atoms with E-state index in [9.17, 15) is 19.8 Å². The third-order valence-corrected chi connectivity index (χ3v) is 5.81. The number of carbonyl (C=O) groups excluding carboxylic acids is 2. The highest BCUT2D eigenvalue weighted by Gasteiger charge is 2.46. The molecular weight excluding hydrogens is 436 g/mol. The number of ketones is 1. The van der Waals surface area contributed by atoms with Gasteiger partial charge in [-0.05, 0) is 82.4 Å². The van der Waals surface area contributed by atoms with Crippen molar-refractivity contribution in [2.45, 2.75) is 26.3 Å². The molecule has 8 heteroatoms. The monoisotopic (exact) mass is 468 g/mol. The molecule has 2 aromatic carbocycles. The molecule has 34 heavy (non-hydrogen) atoms. The SMILES string of the molecule is CCOc1cc(C2C(=C(O)c3ccc(OC)c(C)c3)C(=O)C(=O)N2CCCN(C)C)ccc1O. The van der Waals surface area contributed by atoms with E-state index >= 15 is 0 Å². The Morgan fingerprint density at radius 3 is 2.47 bits per heavy atom. The average molecular weight is 469 g/mol. The van der Waals surface area contributed by atoms with Crippen LogP contribution in [0.3, 0.4) is 0 Å². The Bertz CT molecular complexity index is 1110. The summed E-state index contributed by atoms with van der Waals surface area (Å²) in [6, 6.07) is 8.98. The number of hydrogen-bond donors (Lipinski definition) is 2. The molecule has 1 aliphatic heterocycles. The van der Waals surface area contributed by atoms with Crippen LogP contribution in [-0.2, 0) is 9.59 Å². The molecule has 2 aromatic rings. The van der Waals surface area contributed by atoms with Crippen molar-refractivity contribution in [3.8, 4) is 17.2 Å². The number of ether oxygens (including phenoxy) is 2. The lowest BCUT2D eigenvalue weighted by Gasteiger charge is -2.26. The van der Waals surface area contributed by atoms with Crippen molar-refractivity contribution in [1.82, 2.24) is 9.80 Å². The summed E-state index contributed by atoms with van der Waals surface area (Å²) in [6.45, 7) is 5.03. The number of aliphatic hydroxyl groups excluding tert-OH is 1. The average Bonchev–Trinajstić information content (AvgIpc) is 3.05. The van der Waals surface area contributed by atoms with Crippen molar-refractivity contribution >= 4 is 17.4 Å². The van der Waals surface area contributed by atoms with Crippen LogP contribution in [0.4, 0.5) is 0 Å². The van der Waals surface area contributed by atoms with Crippen LogP contribution in [0.1, 0.15) is 36.1 Å². The molecule has 1 saturated heterocycles. The minimum absolute atomic E-state index is 0.00700. The van der Waals surface area contributed by atoms with E-state index in [1.807, 2.05) is 25.9 Å². The molecule has 182 valence electrons. The lowest BCUT2D eigenvalue weighted by atomic mass is 9.94. The number of rotatable bonds is 9. The van der Waals surface area contributed by atoms with Gasteiger partial charge in [0.25, 0.3) is 11.7 Å². The molecule has 0 aliphatic carbocycles. The lowest BCUT2D eigenvalue weighted by molar-refractivity contribution is -0.139. The third kappa shape index (κ3) is 5.02. The summed E-state index contributed by atoms with van der Waals surface area (Å²) in [5, 5.41) is 21.4. The number of aliphatic hydroxyl groups is 1. The van der Waals surface area contributed by atoms with Gasteiger partial charge in [-0.2, -0.15) is 0 Å². The zero-order valence-electron chi connectivity index (χ0n) is 20.3. The molecule has 1 unspecified atom stereocenters. The topological polar surface area (TPSA) is 99.5 Å². The first-order chi connectivity index (χ1) is 16.2. The minimum Gasteiger partial charge on any atom is -0.507 e. The number of benzene rings is 2. The van der Waals surface area contributed by atoms with Crippen molar-refractivity contribution in [2.75, 3.05) is 40.9 Å². The van der Waals surface area contributed by atoms with Gasteiger partial charge in [0.1, 0.15) is 11.5 Å². The smallest absolute Gasteiger partial charge is 0.295 e. The van der Waals surface area contributed by atoms with Gasteiger partial charge in [0.15, 0.2) is 11.5 Å². The van der Waals surface area contributed by atoms with Crippen LogP contribution in [0, 0.1) is 6.92 Å². The van der Waals surface area contributed by atoms with Crippen LogP contribution >= 0.6 is 0 Å². The van der Waals surface area contributed by atoms with Gasteiger partial charge in [-0.3, -0.25) is 9.59 Å². The van der Waals surface area contributed by atoms with E-state index < -0.39 is 17.7 Å². The van der Waals surface area contributed by atoms with Crippen LogP contribution in [-0.4, -0.2) is 72.6 Å². The number of aryl methyl sites for hydroxylation is 1. The number of likely N-dealkylation sites (tertiary alicyclic amines) is 1. The van der Waals surface area contributed by atoms with Gasteiger partial charge in [0, 0.05) is 12.1 Å². The second kappa shape index (κ2) is 10.6. The third-order valence-electron chi connectivity index (χ3n) is 5.81. The fraction of sp³-hybridized carbons (Fsp3) is 0.385. The highest BCUT2D eigenvalue weighted by atomic mass is 16.5. The maximum absolute atomic E-state index is 13.2. The summed E-state index contributed by atoms with van der Waals surface area (Å²) in [7, 11) is 5.43. The van der Waals surface area contributed by atoms with Crippen LogP contribution < -0.4 is 9.47 Å². The number of methoxy groups -OCH3 is 1. The number of phenolic OH excluding ortho intramolecular Hbond substituents is 1. The van der Waals surface area contributed by atoms with Gasteiger partial charge < -0.3 is 29.5 Å². The summed E-state index contributed by atoms with van der Waals surface area (Å²) in [4.78, 5) is 29.7. The molecule has 0 spiro atoms. The standard InChI is InChI=1S/C26H32N2O6/c1-6-34-21-15-17(8-10-19(21)29)23-22(24(30)18-9-11-20(33-5)16(2)14-18)25(31)26(32)28(23)13-7-12-27(3)4/h8-11,14-15,23,29-30H,6-7,12-13H2,1-5H3. The first-order valence-electron chi connectivity index (χ1n) is 11.2.